The van der Waals surface area contributed by atoms with Crippen molar-refractivity contribution in [3.63, 3.8) is 0 Å². The summed E-state index contributed by atoms with van der Waals surface area (Å²) in [6.07, 6.45) is 0. The molecule has 0 saturated carbocycles. The summed E-state index contributed by atoms with van der Waals surface area (Å²) in [7, 11) is 0. The molecule has 0 aliphatic rings. The number of nitrogens with zero attached hydrogens (tertiary/aromatic N) is 1. The number of thioether (sulfide) groups is 1. The van der Waals surface area contributed by atoms with Crippen LogP contribution in [-0.2, 0) is 15.3 Å². The minimum Gasteiger partial charge on any atom is -0.452 e. The van der Waals surface area contributed by atoms with Gasteiger partial charge in [0.25, 0.3) is 5.91 Å². The summed E-state index contributed by atoms with van der Waals surface area (Å²) in [6, 6.07) is 7.23. The van der Waals surface area contributed by atoms with Crippen LogP contribution in [0.15, 0.2) is 34.5 Å². The first-order valence-electron chi connectivity index (χ1n) is 7.85. The number of carbonyl (C=O) groups is 2. The van der Waals surface area contributed by atoms with Crippen LogP contribution < -0.4 is 5.32 Å². The first kappa shape index (κ1) is 19.5. The molecule has 134 valence electrons. The molecule has 0 bridgehead atoms. The molecule has 0 unspecified atom stereocenters. The molecule has 1 N–H and O–H groups in total. The molecule has 1 aromatic heterocycles. The lowest BCUT2D eigenvalue weighted by atomic mass is 10.1. The second-order valence-corrected chi connectivity index (χ2v) is 8.60. The molecule has 0 radical (unpaired) electrons. The number of aryl methyl sites for hydroxylation is 1. The minimum atomic E-state index is -0.499. The molecule has 2 rings (SSSR count). The zero-order chi connectivity index (χ0) is 18.4. The van der Waals surface area contributed by atoms with E-state index in [1.807, 2.05) is 45.2 Å². The number of aromatic nitrogens is 1. The zero-order valence-corrected chi connectivity index (χ0v) is 16.4. The monoisotopic (exact) mass is 378 g/mol. The molecule has 1 aromatic carbocycles. The van der Waals surface area contributed by atoms with Crippen LogP contribution >= 0.6 is 23.1 Å². The van der Waals surface area contributed by atoms with E-state index in [0.717, 1.165) is 15.6 Å². The number of ether oxygens (including phenoxy) is 1. The van der Waals surface area contributed by atoms with Crippen molar-refractivity contribution in [1.29, 1.82) is 0 Å². The number of rotatable bonds is 6. The fraction of sp³-hybridized carbons (Fsp3) is 0.389. The Bertz CT molecular complexity index is 751. The maximum Gasteiger partial charge on any atom is 0.339 e. The molecule has 1 heterocycles. The van der Waals surface area contributed by atoms with E-state index in [0.29, 0.717) is 11.3 Å². The van der Waals surface area contributed by atoms with E-state index >= 15 is 0 Å². The lowest BCUT2D eigenvalue weighted by Gasteiger charge is -2.20. The number of nitrogens with one attached hydrogen (secondary N) is 1. The van der Waals surface area contributed by atoms with Crippen molar-refractivity contribution in [3.8, 4) is 0 Å². The van der Waals surface area contributed by atoms with Crippen molar-refractivity contribution in [2.75, 3.05) is 6.61 Å². The van der Waals surface area contributed by atoms with Gasteiger partial charge in [-0.1, -0.05) is 12.1 Å². The third-order valence-electron chi connectivity index (χ3n) is 3.00. The van der Waals surface area contributed by atoms with Crippen molar-refractivity contribution >= 4 is 35.0 Å². The van der Waals surface area contributed by atoms with Crippen LogP contribution in [0, 0.1) is 6.92 Å². The number of benzene rings is 1. The van der Waals surface area contributed by atoms with Gasteiger partial charge in [0.1, 0.15) is 0 Å². The van der Waals surface area contributed by atoms with Gasteiger partial charge in [-0.05, 0) is 39.8 Å². The van der Waals surface area contributed by atoms with Crippen LogP contribution in [0.3, 0.4) is 0 Å². The Morgan fingerprint density at radius 3 is 2.64 bits per heavy atom. The van der Waals surface area contributed by atoms with Gasteiger partial charge in [0.15, 0.2) is 6.61 Å². The van der Waals surface area contributed by atoms with E-state index in [1.165, 1.54) is 11.8 Å². The maximum absolute atomic E-state index is 12.3. The number of carbonyl (C=O) groups excluding carboxylic acids is 2. The Balaban J connectivity index is 1.96. The van der Waals surface area contributed by atoms with Crippen LogP contribution in [0.5, 0.6) is 0 Å². The topological polar surface area (TPSA) is 68.3 Å². The van der Waals surface area contributed by atoms with E-state index in [2.05, 4.69) is 10.3 Å². The lowest BCUT2D eigenvalue weighted by Crippen LogP contribution is -2.42. The van der Waals surface area contributed by atoms with E-state index in [-0.39, 0.29) is 18.1 Å². The van der Waals surface area contributed by atoms with Gasteiger partial charge in [-0.15, -0.1) is 23.1 Å². The van der Waals surface area contributed by atoms with Crippen LogP contribution in [0.25, 0.3) is 0 Å². The second-order valence-electron chi connectivity index (χ2n) is 6.52. The molecule has 25 heavy (non-hydrogen) atoms. The number of thiazole rings is 1. The number of hydrogen-bond donors (Lipinski definition) is 1. The molecular formula is C18H22N2O3S2. The molecule has 2 aromatic rings. The van der Waals surface area contributed by atoms with Crippen molar-refractivity contribution < 1.29 is 14.3 Å². The molecule has 0 spiro atoms. The van der Waals surface area contributed by atoms with Crippen molar-refractivity contribution in [2.24, 2.45) is 0 Å². The molecule has 0 saturated heterocycles. The van der Waals surface area contributed by atoms with Gasteiger partial charge < -0.3 is 10.1 Å². The predicted molar refractivity (Wildman–Crippen MR) is 101 cm³/mol. The summed E-state index contributed by atoms with van der Waals surface area (Å²) >= 11 is 3.13. The Morgan fingerprint density at radius 1 is 1.28 bits per heavy atom. The molecule has 7 heteroatoms. The van der Waals surface area contributed by atoms with Crippen molar-refractivity contribution in [1.82, 2.24) is 10.3 Å². The third-order valence-corrected chi connectivity index (χ3v) is 4.93. The van der Waals surface area contributed by atoms with Crippen LogP contribution in [0.2, 0.25) is 0 Å². The average molecular weight is 379 g/mol. The fourth-order valence-corrected chi connectivity index (χ4v) is 3.70. The van der Waals surface area contributed by atoms with Gasteiger partial charge >= 0.3 is 5.97 Å². The number of hydrogen-bond acceptors (Lipinski definition) is 6. The zero-order valence-electron chi connectivity index (χ0n) is 14.8. The van der Waals surface area contributed by atoms with Gasteiger partial charge in [0.2, 0.25) is 0 Å². The van der Waals surface area contributed by atoms with Gasteiger partial charge in [0.05, 0.1) is 16.3 Å². The predicted octanol–water partition coefficient (Wildman–Crippen LogP) is 3.82. The van der Waals surface area contributed by atoms with Crippen LogP contribution in [0.4, 0.5) is 0 Å². The average Bonchev–Trinajstić information content (AvgIpc) is 2.95. The quantitative estimate of drug-likeness (QED) is 0.611. The van der Waals surface area contributed by atoms with E-state index in [4.69, 9.17) is 4.74 Å². The van der Waals surface area contributed by atoms with Crippen LogP contribution in [-0.4, -0.2) is 29.0 Å². The van der Waals surface area contributed by atoms with Gasteiger partial charge in [-0.2, -0.15) is 0 Å². The molecule has 0 fully saturated rings. The van der Waals surface area contributed by atoms with E-state index in [1.54, 1.807) is 23.5 Å². The van der Waals surface area contributed by atoms with E-state index < -0.39 is 5.97 Å². The van der Waals surface area contributed by atoms with Crippen LogP contribution in [0.1, 0.15) is 41.8 Å². The highest BCUT2D eigenvalue weighted by Crippen LogP contribution is 2.27. The Hall–Kier alpha value is -1.86. The molecule has 5 nitrogen and oxygen atoms in total. The SMILES string of the molecule is Cc1nc(CSc2ccccc2C(=O)OCC(=O)NC(C)(C)C)cs1. The van der Waals surface area contributed by atoms with E-state index in [9.17, 15) is 9.59 Å². The Morgan fingerprint density at radius 2 is 2.00 bits per heavy atom. The molecule has 0 aliphatic carbocycles. The van der Waals surface area contributed by atoms with Crippen molar-refractivity contribution in [2.45, 2.75) is 43.9 Å². The van der Waals surface area contributed by atoms with Gasteiger partial charge in [-0.3, -0.25) is 4.79 Å². The highest BCUT2D eigenvalue weighted by atomic mass is 32.2. The molecule has 0 atom stereocenters. The van der Waals surface area contributed by atoms with Crippen molar-refractivity contribution in [3.05, 3.63) is 45.9 Å². The molecular weight excluding hydrogens is 356 g/mol. The Kier molecular flexibility index (Phi) is 6.61. The Labute approximate surface area is 156 Å². The minimum absolute atomic E-state index is 0.291. The normalized spacial score (nSPS) is 11.2. The molecule has 1 amide bonds. The fourth-order valence-electron chi connectivity index (χ4n) is 2.05. The summed E-state index contributed by atoms with van der Waals surface area (Å²) in [5.74, 6) is -0.135. The molecule has 0 aliphatic heterocycles. The second kappa shape index (κ2) is 8.49. The largest absolute Gasteiger partial charge is 0.452 e. The summed E-state index contributed by atoms with van der Waals surface area (Å²) in [4.78, 5) is 29.4. The first-order valence-corrected chi connectivity index (χ1v) is 9.72. The number of esters is 1. The summed E-state index contributed by atoms with van der Waals surface area (Å²) in [5, 5.41) is 5.80. The summed E-state index contributed by atoms with van der Waals surface area (Å²) < 4.78 is 5.15. The summed E-state index contributed by atoms with van der Waals surface area (Å²) in [6.45, 7) is 7.30. The number of amides is 1. The van der Waals surface area contributed by atoms with Gasteiger partial charge in [0, 0.05) is 21.6 Å². The highest BCUT2D eigenvalue weighted by Gasteiger charge is 2.18. The maximum atomic E-state index is 12.3. The summed E-state index contributed by atoms with van der Waals surface area (Å²) in [5.41, 5.74) is 1.09. The standard InChI is InChI=1S/C18H22N2O3S2/c1-12-19-13(10-24-12)11-25-15-8-6-5-7-14(15)17(22)23-9-16(21)20-18(2,3)4/h5-8,10H,9,11H2,1-4H3,(H,20,21). The van der Waals surface area contributed by atoms with Gasteiger partial charge in [-0.25, -0.2) is 9.78 Å². The lowest BCUT2D eigenvalue weighted by molar-refractivity contribution is -0.125. The third kappa shape index (κ3) is 6.51. The first-order chi connectivity index (χ1) is 11.7. The smallest absolute Gasteiger partial charge is 0.339 e. The highest BCUT2D eigenvalue weighted by molar-refractivity contribution is 7.98.